The van der Waals surface area contributed by atoms with E-state index in [-0.39, 0.29) is 17.7 Å². The van der Waals surface area contributed by atoms with Gasteiger partial charge in [-0.15, -0.1) is 0 Å². The Morgan fingerprint density at radius 3 is 2.58 bits per heavy atom. The van der Waals surface area contributed by atoms with Gasteiger partial charge >= 0.3 is 0 Å². The lowest BCUT2D eigenvalue weighted by molar-refractivity contribution is -0.124. The fourth-order valence-corrected chi connectivity index (χ4v) is 2.28. The van der Waals surface area contributed by atoms with Crippen molar-refractivity contribution in [1.29, 1.82) is 5.26 Å². The predicted molar refractivity (Wildman–Crippen MR) is 71.5 cm³/mol. The van der Waals surface area contributed by atoms with E-state index in [1.165, 1.54) is 0 Å². The van der Waals surface area contributed by atoms with E-state index in [0.29, 0.717) is 6.42 Å². The maximum Gasteiger partial charge on any atom is 0.230 e. The van der Waals surface area contributed by atoms with E-state index in [0.717, 1.165) is 24.8 Å². The van der Waals surface area contributed by atoms with E-state index in [1.54, 1.807) is 24.3 Å². The molecule has 1 saturated carbocycles. The SMILES string of the molecule is CCC(CC#N)NC(=O)C1(c2ccc(O)cc2)CC1. The zero-order chi connectivity index (χ0) is 13.9. The lowest BCUT2D eigenvalue weighted by Gasteiger charge is -2.20. The molecule has 1 fully saturated rings. The largest absolute Gasteiger partial charge is 0.508 e. The summed E-state index contributed by atoms with van der Waals surface area (Å²) in [7, 11) is 0. The molecule has 0 bridgehead atoms. The number of aromatic hydroxyl groups is 1. The Bertz CT molecular complexity index is 498. The molecule has 1 aliphatic rings. The molecule has 0 radical (unpaired) electrons. The summed E-state index contributed by atoms with van der Waals surface area (Å²) in [6.45, 7) is 1.96. The number of carbonyl (C=O) groups is 1. The van der Waals surface area contributed by atoms with Gasteiger partial charge in [0.1, 0.15) is 5.75 Å². The minimum atomic E-state index is -0.448. The first-order chi connectivity index (χ1) is 9.12. The van der Waals surface area contributed by atoms with Crippen LogP contribution in [0.3, 0.4) is 0 Å². The third-order valence-electron chi connectivity index (χ3n) is 3.77. The number of rotatable bonds is 5. The molecule has 0 aliphatic heterocycles. The van der Waals surface area contributed by atoms with Crippen LogP contribution in [-0.2, 0) is 10.2 Å². The van der Waals surface area contributed by atoms with E-state index >= 15 is 0 Å². The van der Waals surface area contributed by atoms with Gasteiger partial charge in [0, 0.05) is 6.04 Å². The summed E-state index contributed by atoms with van der Waals surface area (Å²) in [5, 5.41) is 21.0. The molecule has 2 rings (SSSR count). The number of nitrogens with one attached hydrogen (secondary N) is 1. The first-order valence-electron chi connectivity index (χ1n) is 6.60. The number of nitriles is 1. The monoisotopic (exact) mass is 258 g/mol. The highest BCUT2D eigenvalue weighted by atomic mass is 16.3. The number of carbonyl (C=O) groups excluding carboxylic acids is 1. The van der Waals surface area contributed by atoms with Crippen LogP contribution in [0.1, 0.15) is 38.2 Å². The quantitative estimate of drug-likeness (QED) is 0.850. The van der Waals surface area contributed by atoms with Crippen LogP contribution in [0.15, 0.2) is 24.3 Å². The molecule has 0 spiro atoms. The van der Waals surface area contributed by atoms with Gasteiger partial charge < -0.3 is 10.4 Å². The predicted octanol–water partition coefficient (Wildman–Crippen LogP) is 2.23. The van der Waals surface area contributed by atoms with Crippen LogP contribution in [0.25, 0.3) is 0 Å². The molecular weight excluding hydrogens is 240 g/mol. The van der Waals surface area contributed by atoms with Crippen LogP contribution in [0.5, 0.6) is 5.75 Å². The van der Waals surface area contributed by atoms with Crippen molar-refractivity contribution in [3.05, 3.63) is 29.8 Å². The molecule has 0 saturated heterocycles. The topological polar surface area (TPSA) is 73.1 Å². The Morgan fingerprint density at radius 2 is 2.11 bits per heavy atom. The van der Waals surface area contributed by atoms with Crippen molar-refractivity contribution in [2.24, 2.45) is 0 Å². The smallest absolute Gasteiger partial charge is 0.230 e. The van der Waals surface area contributed by atoms with Crippen LogP contribution < -0.4 is 5.32 Å². The van der Waals surface area contributed by atoms with Gasteiger partial charge in [0.25, 0.3) is 0 Å². The van der Waals surface area contributed by atoms with Gasteiger partial charge in [0.15, 0.2) is 0 Å². The maximum absolute atomic E-state index is 12.4. The van der Waals surface area contributed by atoms with Crippen LogP contribution in [-0.4, -0.2) is 17.1 Å². The van der Waals surface area contributed by atoms with Gasteiger partial charge in [-0.3, -0.25) is 4.79 Å². The minimum Gasteiger partial charge on any atom is -0.508 e. The van der Waals surface area contributed by atoms with Crippen LogP contribution in [0.4, 0.5) is 0 Å². The van der Waals surface area contributed by atoms with Crippen molar-refractivity contribution in [2.75, 3.05) is 0 Å². The van der Waals surface area contributed by atoms with Gasteiger partial charge in [-0.2, -0.15) is 5.26 Å². The Kier molecular flexibility index (Phi) is 3.75. The van der Waals surface area contributed by atoms with Crippen LogP contribution in [0, 0.1) is 11.3 Å². The first-order valence-corrected chi connectivity index (χ1v) is 6.60. The molecule has 0 heterocycles. The minimum absolute atomic E-state index is 0.000268. The summed E-state index contributed by atoms with van der Waals surface area (Å²) < 4.78 is 0. The average Bonchev–Trinajstić information content (AvgIpc) is 3.20. The molecule has 4 heteroatoms. The molecule has 1 atom stereocenters. The van der Waals surface area contributed by atoms with Crippen LogP contribution in [0.2, 0.25) is 0 Å². The van der Waals surface area contributed by atoms with Crippen LogP contribution >= 0.6 is 0 Å². The van der Waals surface area contributed by atoms with Crippen molar-refractivity contribution >= 4 is 5.91 Å². The number of hydrogen-bond acceptors (Lipinski definition) is 3. The van der Waals surface area contributed by atoms with Gasteiger partial charge in [0.2, 0.25) is 5.91 Å². The maximum atomic E-state index is 12.4. The van der Waals surface area contributed by atoms with Gasteiger partial charge in [0.05, 0.1) is 17.9 Å². The summed E-state index contributed by atoms with van der Waals surface area (Å²) in [5.74, 6) is 0.205. The van der Waals surface area contributed by atoms with Gasteiger partial charge in [-0.1, -0.05) is 19.1 Å². The Balaban J connectivity index is 2.10. The van der Waals surface area contributed by atoms with E-state index in [4.69, 9.17) is 5.26 Å². The molecule has 1 aliphatic carbocycles. The summed E-state index contributed by atoms with van der Waals surface area (Å²) >= 11 is 0. The summed E-state index contributed by atoms with van der Waals surface area (Å²) in [5.41, 5.74) is 0.492. The number of phenols is 1. The molecular formula is C15H18N2O2. The van der Waals surface area contributed by atoms with Crippen molar-refractivity contribution < 1.29 is 9.90 Å². The number of hydrogen-bond donors (Lipinski definition) is 2. The number of nitrogens with zero attached hydrogens (tertiary/aromatic N) is 1. The Morgan fingerprint density at radius 1 is 1.47 bits per heavy atom. The molecule has 2 N–H and O–H groups in total. The van der Waals surface area contributed by atoms with Gasteiger partial charge in [-0.05, 0) is 37.0 Å². The molecule has 4 nitrogen and oxygen atoms in total. The third kappa shape index (κ3) is 2.70. The zero-order valence-corrected chi connectivity index (χ0v) is 11.0. The molecule has 100 valence electrons. The van der Waals surface area contributed by atoms with Crippen molar-refractivity contribution in [1.82, 2.24) is 5.32 Å². The normalized spacial score (nSPS) is 17.3. The van der Waals surface area contributed by atoms with E-state index in [9.17, 15) is 9.90 Å². The summed E-state index contributed by atoms with van der Waals surface area (Å²) in [6, 6.07) is 8.83. The zero-order valence-electron chi connectivity index (χ0n) is 11.0. The Hall–Kier alpha value is -2.02. The van der Waals surface area contributed by atoms with Crippen molar-refractivity contribution in [3.8, 4) is 11.8 Å². The second kappa shape index (κ2) is 5.31. The Labute approximate surface area is 113 Å². The van der Waals surface area contributed by atoms with E-state index in [2.05, 4.69) is 11.4 Å². The highest BCUT2D eigenvalue weighted by Crippen LogP contribution is 2.48. The molecule has 1 amide bonds. The van der Waals surface area contributed by atoms with Crippen molar-refractivity contribution in [3.63, 3.8) is 0 Å². The molecule has 1 aromatic rings. The van der Waals surface area contributed by atoms with Crippen molar-refractivity contribution in [2.45, 2.75) is 44.1 Å². The highest BCUT2D eigenvalue weighted by Gasteiger charge is 2.51. The lowest BCUT2D eigenvalue weighted by atomic mass is 9.94. The fraction of sp³-hybridized carbons (Fsp3) is 0.467. The third-order valence-corrected chi connectivity index (χ3v) is 3.77. The molecule has 19 heavy (non-hydrogen) atoms. The standard InChI is InChI=1S/C15H18N2O2/c1-2-12(7-10-16)17-14(19)15(8-9-15)11-3-5-13(18)6-4-11/h3-6,12,18H,2,7-9H2,1H3,(H,17,19). The first kappa shape index (κ1) is 13.4. The highest BCUT2D eigenvalue weighted by molar-refractivity contribution is 5.91. The summed E-state index contributed by atoms with van der Waals surface area (Å²) in [4.78, 5) is 12.4. The molecule has 0 aromatic heterocycles. The number of benzene rings is 1. The second-order valence-electron chi connectivity index (χ2n) is 5.07. The molecule has 1 unspecified atom stereocenters. The lowest BCUT2D eigenvalue weighted by Crippen LogP contribution is -2.41. The number of amides is 1. The second-order valence-corrected chi connectivity index (χ2v) is 5.07. The average molecular weight is 258 g/mol. The van der Waals surface area contributed by atoms with E-state index < -0.39 is 5.41 Å². The number of phenolic OH excluding ortho intramolecular Hbond substituents is 1. The molecule has 1 aromatic carbocycles. The van der Waals surface area contributed by atoms with E-state index in [1.807, 2.05) is 6.92 Å². The summed E-state index contributed by atoms with van der Waals surface area (Å²) in [6.07, 6.45) is 2.75. The van der Waals surface area contributed by atoms with Gasteiger partial charge in [-0.25, -0.2) is 0 Å². The fourth-order valence-electron chi connectivity index (χ4n) is 2.28.